The quantitative estimate of drug-likeness (QED) is 0.819. The maximum absolute atomic E-state index is 12.9. The smallest absolute Gasteiger partial charge is 0.0759 e. The Morgan fingerprint density at radius 2 is 1.76 bits per heavy atom. The van der Waals surface area contributed by atoms with Gasteiger partial charge in [-0.3, -0.25) is 4.99 Å². The van der Waals surface area contributed by atoms with E-state index in [4.69, 9.17) is 4.99 Å². The number of hydroxylamine groups is 2. The Morgan fingerprint density at radius 1 is 1.12 bits per heavy atom. The first kappa shape index (κ1) is 17.9. The Morgan fingerprint density at radius 3 is 2.16 bits per heavy atom. The lowest BCUT2D eigenvalue weighted by Gasteiger charge is -2.48. The van der Waals surface area contributed by atoms with Gasteiger partial charge in [0.05, 0.1) is 11.4 Å². The van der Waals surface area contributed by atoms with E-state index in [1.165, 1.54) is 10.6 Å². The molecule has 0 bridgehead atoms. The highest BCUT2D eigenvalue weighted by atomic mass is 16.5. The van der Waals surface area contributed by atoms with E-state index in [9.17, 15) is 5.21 Å². The number of H-pyrrole nitrogens is 1. The fourth-order valence-corrected chi connectivity index (χ4v) is 4.10. The number of hydrogen-bond donors (Lipinski definition) is 1. The molecule has 0 atom stereocenters. The number of allylic oxidation sites excluding steroid dienone is 2. The van der Waals surface area contributed by atoms with Gasteiger partial charge in [0.25, 0.3) is 0 Å². The van der Waals surface area contributed by atoms with Crippen LogP contribution in [0.3, 0.4) is 0 Å². The van der Waals surface area contributed by atoms with Gasteiger partial charge in [-0.2, -0.15) is 0 Å². The highest BCUT2D eigenvalue weighted by molar-refractivity contribution is 6.01. The van der Waals surface area contributed by atoms with Crippen LogP contribution in [0.2, 0.25) is 0 Å². The van der Waals surface area contributed by atoms with Gasteiger partial charge < -0.3 is 15.3 Å². The molecular weight excluding hydrogens is 310 g/mol. The first-order valence-corrected chi connectivity index (χ1v) is 8.81. The lowest BCUT2D eigenvalue weighted by atomic mass is 9.85. The van der Waals surface area contributed by atoms with Crippen molar-refractivity contribution in [2.45, 2.75) is 66.5 Å². The molecule has 1 N–H and O–H groups in total. The summed E-state index contributed by atoms with van der Waals surface area (Å²) < 4.78 is 0. The molecule has 1 aromatic rings. The van der Waals surface area contributed by atoms with Crippen LogP contribution in [0.5, 0.6) is 0 Å². The summed E-state index contributed by atoms with van der Waals surface area (Å²) in [5, 5.41) is 14.1. The Bertz CT molecular complexity index is 860. The number of nitrogens with zero attached hydrogens (tertiary/aromatic N) is 2. The number of aromatic amines is 1. The highest BCUT2D eigenvalue weighted by Gasteiger charge is 2.42. The second kappa shape index (κ2) is 5.55. The van der Waals surface area contributed by atoms with Crippen molar-refractivity contribution >= 4 is 11.3 Å². The van der Waals surface area contributed by atoms with Gasteiger partial charge in [0.15, 0.2) is 0 Å². The number of nitrogens with one attached hydrogen (secondary N) is 1. The molecule has 4 heteroatoms. The first-order chi connectivity index (χ1) is 11.4. The van der Waals surface area contributed by atoms with E-state index in [1.807, 2.05) is 34.6 Å². The summed E-state index contributed by atoms with van der Waals surface area (Å²) in [5.74, 6) is 0. The molecule has 2 aliphatic heterocycles. The number of aryl methyl sites for hydroxylation is 2. The van der Waals surface area contributed by atoms with Gasteiger partial charge in [-0.05, 0) is 84.2 Å². The molecule has 3 rings (SSSR count). The molecule has 0 aromatic carbocycles. The molecule has 0 fully saturated rings. The molecule has 0 aliphatic carbocycles. The largest absolute Gasteiger partial charge is 0.784 e. The molecule has 0 unspecified atom stereocenters. The molecular formula is C21H28N3O-. The van der Waals surface area contributed by atoms with E-state index in [2.05, 4.69) is 44.0 Å². The van der Waals surface area contributed by atoms with Crippen molar-refractivity contribution < 1.29 is 0 Å². The van der Waals surface area contributed by atoms with Crippen LogP contribution in [-0.4, -0.2) is 26.8 Å². The molecule has 0 spiro atoms. The van der Waals surface area contributed by atoms with E-state index in [0.29, 0.717) is 0 Å². The average Bonchev–Trinajstić information content (AvgIpc) is 3.03. The molecule has 0 radical (unpaired) electrons. The molecule has 134 valence electrons. The van der Waals surface area contributed by atoms with Crippen molar-refractivity contribution in [1.29, 1.82) is 0 Å². The van der Waals surface area contributed by atoms with Crippen LogP contribution in [0.15, 0.2) is 40.1 Å². The van der Waals surface area contributed by atoms with E-state index in [-0.39, 0.29) is 0 Å². The van der Waals surface area contributed by atoms with E-state index >= 15 is 0 Å². The number of hydrogen-bond acceptors (Lipinski definition) is 3. The third kappa shape index (κ3) is 2.74. The average molecular weight is 338 g/mol. The van der Waals surface area contributed by atoms with Gasteiger partial charge in [-0.1, -0.05) is 6.08 Å². The van der Waals surface area contributed by atoms with Gasteiger partial charge in [0.1, 0.15) is 0 Å². The second-order valence-corrected chi connectivity index (χ2v) is 8.38. The van der Waals surface area contributed by atoms with Crippen molar-refractivity contribution in [1.82, 2.24) is 10.0 Å². The summed E-state index contributed by atoms with van der Waals surface area (Å²) in [6, 6.07) is 2.14. The van der Waals surface area contributed by atoms with Crippen molar-refractivity contribution in [2.24, 2.45) is 4.99 Å². The second-order valence-electron chi connectivity index (χ2n) is 8.38. The molecule has 0 saturated carbocycles. The number of rotatable bonds is 2. The Labute approximate surface area is 150 Å². The van der Waals surface area contributed by atoms with Crippen molar-refractivity contribution in [3.8, 4) is 0 Å². The summed E-state index contributed by atoms with van der Waals surface area (Å²) in [7, 11) is 0. The SMILES string of the molecule is CC1=CC(C)=N/C1=C(/C1=CC(C)(C)N([O-])C1(C)C)c1[nH]c(C)cc1C. The Hall–Kier alpha value is -1.91. The minimum Gasteiger partial charge on any atom is -0.784 e. The van der Waals surface area contributed by atoms with Gasteiger partial charge in [0.2, 0.25) is 0 Å². The fourth-order valence-electron chi connectivity index (χ4n) is 4.10. The van der Waals surface area contributed by atoms with E-state index in [0.717, 1.165) is 39.5 Å². The minimum absolute atomic E-state index is 0.546. The van der Waals surface area contributed by atoms with Crippen molar-refractivity contribution in [2.75, 3.05) is 0 Å². The van der Waals surface area contributed by atoms with Crippen molar-refractivity contribution in [3.63, 3.8) is 0 Å². The lowest BCUT2D eigenvalue weighted by molar-refractivity contribution is 0.161. The summed E-state index contributed by atoms with van der Waals surface area (Å²) in [6.07, 6.45) is 4.21. The topological polar surface area (TPSA) is 54.4 Å². The normalized spacial score (nSPS) is 24.3. The molecule has 25 heavy (non-hydrogen) atoms. The van der Waals surface area contributed by atoms with Crippen molar-refractivity contribution in [3.05, 3.63) is 57.2 Å². The third-order valence-corrected chi connectivity index (χ3v) is 5.18. The molecule has 0 saturated heterocycles. The highest BCUT2D eigenvalue weighted by Crippen LogP contribution is 2.47. The number of aliphatic imine (C=N–C) groups is 1. The predicted octanol–water partition coefficient (Wildman–Crippen LogP) is 5.06. The monoisotopic (exact) mass is 338 g/mol. The van der Waals surface area contributed by atoms with Crippen LogP contribution >= 0.6 is 0 Å². The zero-order chi connectivity index (χ0) is 18.7. The summed E-state index contributed by atoms with van der Waals surface area (Å²) in [6.45, 7) is 16.2. The zero-order valence-electron chi connectivity index (χ0n) is 16.5. The predicted molar refractivity (Wildman–Crippen MR) is 105 cm³/mol. The minimum atomic E-state index is -0.621. The Kier molecular flexibility index (Phi) is 3.97. The van der Waals surface area contributed by atoms with Gasteiger partial charge in [-0.15, -0.1) is 0 Å². The molecule has 4 nitrogen and oxygen atoms in total. The summed E-state index contributed by atoms with van der Waals surface area (Å²) >= 11 is 0. The summed E-state index contributed by atoms with van der Waals surface area (Å²) in [4.78, 5) is 8.30. The molecule has 2 aliphatic rings. The van der Waals surface area contributed by atoms with Crippen LogP contribution in [0.1, 0.15) is 58.5 Å². The maximum atomic E-state index is 12.9. The van der Waals surface area contributed by atoms with Crippen LogP contribution in [0.25, 0.3) is 5.57 Å². The van der Waals surface area contributed by atoms with E-state index in [1.54, 1.807) is 0 Å². The number of aromatic nitrogens is 1. The maximum Gasteiger partial charge on any atom is 0.0759 e. The third-order valence-electron chi connectivity index (χ3n) is 5.18. The zero-order valence-corrected chi connectivity index (χ0v) is 16.5. The Balaban J connectivity index is 2.34. The van der Waals surface area contributed by atoms with Crippen LogP contribution < -0.4 is 0 Å². The molecule has 3 heterocycles. The fraction of sp³-hybridized carbons (Fsp3) is 0.476. The van der Waals surface area contributed by atoms with E-state index < -0.39 is 11.1 Å². The summed E-state index contributed by atoms with van der Waals surface area (Å²) in [5.41, 5.74) is 7.37. The lowest BCUT2D eigenvalue weighted by Crippen LogP contribution is -2.46. The van der Waals surface area contributed by atoms with Gasteiger partial charge in [0, 0.05) is 28.1 Å². The first-order valence-electron chi connectivity index (χ1n) is 8.81. The van der Waals surface area contributed by atoms with Crippen LogP contribution in [0.4, 0.5) is 0 Å². The van der Waals surface area contributed by atoms with Crippen LogP contribution in [0, 0.1) is 19.1 Å². The van der Waals surface area contributed by atoms with Gasteiger partial charge >= 0.3 is 0 Å². The molecule has 0 amide bonds. The van der Waals surface area contributed by atoms with Crippen LogP contribution in [-0.2, 0) is 0 Å². The molecule has 1 aromatic heterocycles. The standard InChI is InChI=1S/C21H28N3O/c1-12-9-14(3)22-18(12)17(19-13(2)10-15(4)23-19)16-11-20(5,6)24(25)21(16,7)8/h9-11,22H,1-8H3/q-1/b19-17-. The van der Waals surface area contributed by atoms with Gasteiger partial charge in [-0.25, -0.2) is 0 Å².